The summed E-state index contributed by atoms with van der Waals surface area (Å²) in [5.74, 6) is 0.155. The minimum atomic E-state index is -0.236. The second kappa shape index (κ2) is 1.94. The van der Waals surface area contributed by atoms with Crippen LogP contribution >= 0.6 is 0 Å². The topological polar surface area (TPSA) is 37.4 Å². The molecule has 1 amide bonds. The van der Waals surface area contributed by atoms with Crippen molar-refractivity contribution in [3.8, 4) is 0 Å². The molecule has 0 saturated carbocycles. The first-order valence-electron chi connectivity index (χ1n) is 3.76. The minimum Gasteiger partial charge on any atom is -0.305 e. The first-order valence-corrected chi connectivity index (χ1v) is 3.76. The van der Waals surface area contributed by atoms with Crippen molar-refractivity contribution in [3.63, 3.8) is 0 Å². The molecular weight excluding hydrogens is 142 g/mol. The number of carbonyl (C=O) groups is 2. The summed E-state index contributed by atoms with van der Waals surface area (Å²) in [7, 11) is 0. The van der Waals surface area contributed by atoms with Crippen LogP contribution in [0.4, 0.5) is 0 Å². The molecule has 0 aromatic heterocycles. The monoisotopic (exact) mass is 151 g/mol. The third-order valence-electron chi connectivity index (χ3n) is 2.28. The zero-order valence-corrected chi connectivity index (χ0v) is 6.33. The summed E-state index contributed by atoms with van der Waals surface area (Å²) in [6, 6.07) is -0.236. The summed E-state index contributed by atoms with van der Waals surface area (Å²) in [5, 5.41) is 0. The van der Waals surface area contributed by atoms with Gasteiger partial charge in [0.25, 0.3) is 0 Å². The Bertz CT molecular complexity index is 267. The van der Waals surface area contributed by atoms with E-state index in [2.05, 4.69) is 0 Å². The molecule has 2 rings (SSSR count). The quantitative estimate of drug-likeness (QED) is 0.504. The third kappa shape index (κ3) is 0.737. The number of amides is 1. The van der Waals surface area contributed by atoms with Gasteiger partial charge in [0.2, 0.25) is 5.91 Å². The molecule has 2 aliphatic heterocycles. The van der Waals surface area contributed by atoms with E-state index in [9.17, 15) is 9.59 Å². The number of rotatable bonds is 0. The third-order valence-corrected chi connectivity index (χ3v) is 2.28. The molecule has 58 valence electrons. The molecule has 0 aliphatic carbocycles. The first kappa shape index (κ1) is 6.58. The lowest BCUT2D eigenvalue weighted by atomic mass is 10.2. The highest BCUT2D eigenvalue weighted by Gasteiger charge is 2.37. The highest BCUT2D eigenvalue weighted by Crippen LogP contribution is 2.29. The number of fused-ring (bicyclic) bond motifs is 1. The second-order valence-electron chi connectivity index (χ2n) is 2.98. The summed E-state index contributed by atoms with van der Waals surface area (Å²) in [4.78, 5) is 23.8. The van der Waals surface area contributed by atoms with Gasteiger partial charge in [-0.1, -0.05) is 0 Å². The number of allylic oxidation sites excluding steroid dienone is 1. The molecule has 1 unspecified atom stereocenters. The van der Waals surface area contributed by atoms with Crippen LogP contribution in [0.5, 0.6) is 0 Å². The van der Waals surface area contributed by atoms with Crippen LogP contribution in [-0.2, 0) is 9.59 Å². The molecule has 1 atom stereocenters. The molecular formula is C8H9NO2. The Morgan fingerprint density at radius 2 is 2.18 bits per heavy atom. The van der Waals surface area contributed by atoms with Gasteiger partial charge >= 0.3 is 0 Å². The van der Waals surface area contributed by atoms with Crippen LogP contribution in [0.1, 0.15) is 19.8 Å². The number of hydrogen-bond donors (Lipinski definition) is 0. The van der Waals surface area contributed by atoms with E-state index in [1.165, 1.54) is 0 Å². The van der Waals surface area contributed by atoms with Crippen molar-refractivity contribution in [2.75, 3.05) is 0 Å². The molecule has 11 heavy (non-hydrogen) atoms. The van der Waals surface area contributed by atoms with Gasteiger partial charge in [-0.2, -0.15) is 0 Å². The number of carbonyl (C=O) groups excluding carboxylic acids is 2. The molecule has 3 nitrogen and oxygen atoms in total. The van der Waals surface area contributed by atoms with E-state index in [-0.39, 0.29) is 17.7 Å². The maximum atomic E-state index is 11.1. The van der Waals surface area contributed by atoms with Crippen LogP contribution in [0.25, 0.3) is 0 Å². The van der Waals surface area contributed by atoms with Crippen molar-refractivity contribution in [2.24, 2.45) is 0 Å². The van der Waals surface area contributed by atoms with Crippen LogP contribution in [0, 0.1) is 0 Å². The van der Waals surface area contributed by atoms with Gasteiger partial charge in [-0.15, -0.1) is 0 Å². The van der Waals surface area contributed by atoms with Gasteiger partial charge in [0, 0.05) is 18.2 Å². The Hall–Kier alpha value is -1.12. The van der Waals surface area contributed by atoms with Crippen LogP contribution in [-0.4, -0.2) is 22.6 Å². The van der Waals surface area contributed by atoms with Gasteiger partial charge in [-0.3, -0.25) is 9.59 Å². The van der Waals surface area contributed by atoms with E-state index >= 15 is 0 Å². The van der Waals surface area contributed by atoms with Gasteiger partial charge in [0.15, 0.2) is 5.78 Å². The fraction of sp³-hybridized carbons (Fsp3) is 0.500. The summed E-state index contributed by atoms with van der Waals surface area (Å²) >= 11 is 0. The smallest absolute Gasteiger partial charge is 0.227 e. The van der Waals surface area contributed by atoms with Crippen molar-refractivity contribution in [1.82, 2.24) is 4.90 Å². The van der Waals surface area contributed by atoms with Gasteiger partial charge in [0.1, 0.15) is 0 Å². The first-order chi connectivity index (χ1) is 5.20. The highest BCUT2D eigenvalue weighted by molar-refractivity contribution is 6.02. The molecule has 0 aromatic carbocycles. The predicted octanol–water partition coefficient (Wildman–Crippen LogP) is 0.464. The predicted molar refractivity (Wildman–Crippen MR) is 38.6 cm³/mol. The largest absolute Gasteiger partial charge is 0.305 e. The Labute approximate surface area is 64.7 Å². The molecule has 0 spiro atoms. The zero-order chi connectivity index (χ0) is 8.01. The highest BCUT2D eigenvalue weighted by atomic mass is 16.2. The van der Waals surface area contributed by atoms with Crippen LogP contribution < -0.4 is 0 Å². The van der Waals surface area contributed by atoms with Crippen molar-refractivity contribution in [3.05, 3.63) is 11.8 Å². The zero-order valence-electron chi connectivity index (χ0n) is 6.33. The summed E-state index contributed by atoms with van der Waals surface area (Å²) < 4.78 is 0. The fourth-order valence-electron chi connectivity index (χ4n) is 1.65. The molecule has 0 aromatic rings. The minimum absolute atomic E-state index is 0.0630. The molecule has 0 bridgehead atoms. The summed E-state index contributed by atoms with van der Waals surface area (Å²) in [6.07, 6.45) is 2.91. The lowest BCUT2D eigenvalue weighted by molar-refractivity contribution is -0.131. The molecule has 2 heterocycles. The number of nitrogens with zero attached hydrogens (tertiary/aromatic N) is 1. The average molecular weight is 151 g/mol. The maximum absolute atomic E-state index is 11.1. The van der Waals surface area contributed by atoms with Gasteiger partial charge in [0.05, 0.1) is 6.04 Å². The molecule has 2 aliphatic rings. The average Bonchev–Trinajstić information content (AvgIpc) is 2.41. The number of ketones is 1. The molecule has 1 fully saturated rings. The van der Waals surface area contributed by atoms with Crippen molar-refractivity contribution < 1.29 is 9.59 Å². The Balaban J connectivity index is 2.38. The van der Waals surface area contributed by atoms with Crippen molar-refractivity contribution in [1.29, 1.82) is 0 Å². The van der Waals surface area contributed by atoms with E-state index in [1.54, 1.807) is 17.9 Å². The molecule has 3 heteroatoms. The van der Waals surface area contributed by atoms with Gasteiger partial charge < -0.3 is 4.90 Å². The van der Waals surface area contributed by atoms with Gasteiger partial charge in [-0.05, 0) is 13.3 Å². The fourth-order valence-corrected chi connectivity index (χ4v) is 1.65. The van der Waals surface area contributed by atoms with Gasteiger partial charge in [-0.25, -0.2) is 0 Å². The Morgan fingerprint density at radius 3 is 2.82 bits per heavy atom. The lowest BCUT2D eigenvalue weighted by Gasteiger charge is -2.16. The Kier molecular flexibility index (Phi) is 1.16. The normalized spacial score (nSPS) is 29.4. The van der Waals surface area contributed by atoms with E-state index in [4.69, 9.17) is 0 Å². The standard InChI is InChI=1S/C8H9NO2/c1-5-7(10)4-6-2-3-8(11)9(5)6/h4-5H,2-3H2,1H3. The molecule has 1 saturated heterocycles. The second-order valence-corrected chi connectivity index (χ2v) is 2.98. The SMILES string of the molecule is CC1C(=O)C=C2CCC(=O)N21. The number of hydrogen-bond acceptors (Lipinski definition) is 2. The van der Waals surface area contributed by atoms with E-state index in [0.29, 0.717) is 6.42 Å². The van der Waals surface area contributed by atoms with Crippen molar-refractivity contribution in [2.45, 2.75) is 25.8 Å². The summed E-state index contributed by atoms with van der Waals surface area (Å²) in [5.41, 5.74) is 0.910. The van der Waals surface area contributed by atoms with Crippen LogP contribution in [0.15, 0.2) is 11.8 Å². The summed E-state index contributed by atoms with van der Waals surface area (Å²) in [6.45, 7) is 1.77. The van der Waals surface area contributed by atoms with Crippen LogP contribution in [0.3, 0.4) is 0 Å². The maximum Gasteiger partial charge on any atom is 0.227 e. The van der Waals surface area contributed by atoms with E-state index < -0.39 is 0 Å². The van der Waals surface area contributed by atoms with Crippen molar-refractivity contribution >= 4 is 11.7 Å². The van der Waals surface area contributed by atoms with E-state index in [1.807, 2.05) is 0 Å². The van der Waals surface area contributed by atoms with Crippen LogP contribution in [0.2, 0.25) is 0 Å². The van der Waals surface area contributed by atoms with E-state index in [0.717, 1.165) is 12.1 Å². The lowest BCUT2D eigenvalue weighted by Crippen LogP contribution is -2.32. The Morgan fingerprint density at radius 1 is 1.45 bits per heavy atom. The molecule has 0 N–H and O–H groups in total. The molecule has 0 radical (unpaired) electrons.